The largest absolute Gasteiger partial charge is 0.726 e. The molecule has 0 spiro atoms. The maximum absolute atomic E-state index is 11.0. The molecule has 10 nitrogen and oxygen atoms in total. The summed E-state index contributed by atoms with van der Waals surface area (Å²) in [5.41, 5.74) is 7.07. The van der Waals surface area contributed by atoms with E-state index in [2.05, 4.69) is 23.2 Å². The highest BCUT2D eigenvalue weighted by Gasteiger charge is 2.28. The van der Waals surface area contributed by atoms with Crippen LogP contribution in [0.3, 0.4) is 0 Å². The summed E-state index contributed by atoms with van der Waals surface area (Å²) in [7, 11) is 0.739. The van der Waals surface area contributed by atoms with Crippen LogP contribution in [0.15, 0.2) is 18.2 Å². The Morgan fingerprint density at radius 2 is 1.79 bits per heavy atom. The molecule has 1 heterocycles. The van der Waals surface area contributed by atoms with Gasteiger partial charge in [0.1, 0.15) is 5.69 Å². The predicted molar refractivity (Wildman–Crippen MR) is 88.3 cm³/mol. The lowest BCUT2D eigenvalue weighted by atomic mass is 10.2. The van der Waals surface area contributed by atoms with E-state index in [-0.39, 0.29) is 10.6 Å². The van der Waals surface area contributed by atoms with E-state index in [1.165, 1.54) is 6.07 Å². The summed E-state index contributed by atoms with van der Waals surface area (Å²) in [6, 6.07) is 4.76. The lowest BCUT2D eigenvalue weighted by Crippen LogP contribution is -2.55. The van der Waals surface area contributed by atoms with Gasteiger partial charge >= 0.3 is 0 Å². The Morgan fingerprint density at radius 3 is 2.21 bits per heavy atom. The quantitative estimate of drug-likeness (QED) is 0.200. The molecule has 136 valence electrons. The van der Waals surface area contributed by atoms with E-state index >= 15 is 0 Å². The number of benzene rings is 1. The van der Waals surface area contributed by atoms with E-state index < -0.39 is 10.4 Å². The van der Waals surface area contributed by atoms with E-state index in [1.807, 2.05) is 0 Å². The molecule has 24 heavy (non-hydrogen) atoms. The molecule has 1 aromatic carbocycles. The first kappa shape index (κ1) is 20.1. The predicted octanol–water partition coefficient (Wildman–Crippen LogP) is 0.166. The summed E-state index contributed by atoms with van der Waals surface area (Å²) in [5.74, 6) is 0. The number of rotatable bonds is 3. The van der Waals surface area contributed by atoms with Gasteiger partial charge in [0.25, 0.3) is 5.69 Å². The highest BCUT2D eigenvalue weighted by atomic mass is 32.3. The topological polar surface area (TPSA) is 139 Å². The van der Waals surface area contributed by atoms with Crippen LogP contribution in [-0.2, 0) is 14.6 Å². The van der Waals surface area contributed by atoms with Crippen molar-refractivity contribution in [2.45, 2.75) is 0 Å². The van der Waals surface area contributed by atoms with E-state index in [4.69, 9.17) is 5.73 Å². The Bertz CT molecular complexity index is 682. The highest BCUT2D eigenvalue weighted by molar-refractivity contribution is 7.80. The molecule has 1 saturated heterocycles. The molecule has 0 amide bonds. The molecular weight excluding hydrogens is 340 g/mol. The van der Waals surface area contributed by atoms with Crippen molar-refractivity contribution in [1.82, 2.24) is 0 Å². The molecule has 1 aliphatic rings. The third-order valence-electron chi connectivity index (χ3n) is 3.69. The third kappa shape index (κ3) is 6.28. The van der Waals surface area contributed by atoms with Gasteiger partial charge in [-0.3, -0.25) is 14.3 Å². The maximum atomic E-state index is 11.0. The van der Waals surface area contributed by atoms with Crippen molar-refractivity contribution in [3.8, 4) is 0 Å². The molecule has 0 aliphatic carbocycles. The second-order valence-electron chi connectivity index (χ2n) is 5.95. The third-order valence-corrected chi connectivity index (χ3v) is 4.10. The second kappa shape index (κ2) is 7.75. The highest BCUT2D eigenvalue weighted by Crippen LogP contribution is 2.31. The van der Waals surface area contributed by atoms with Gasteiger partial charge in [0.05, 0.1) is 52.3 Å². The average Bonchev–Trinajstić information content (AvgIpc) is 2.46. The Balaban J connectivity index is 0.000000413. The van der Waals surface area contributed by atoms with E-state index in [9.17, 15) is 23.1 Å². The summed E-state index contributed by atoms with van der Waals surface area (Å²) >= 11 is 0. The molecule has 11 heteroatoms. The van der Waals surface area contributed by atoms with Crippen LogP contribution in [-0.4, -0.2) is 69.8 Å². The molecule has 1 aromatic rings. The SMILES string of the molecule is COS(=O)(=O)[O-].C[N+]1(C)CCN(c2cc(N)ccc2[N+](=O)[O-])CC1. The van der Waals surface area contributed by atoms with Crippen molar-refractivity contribution >= 4 is 27.5 Å². The van der Waals surface area contributed by atoms with Gasteiger partial charge in [-0.1, -0.05) is 0 Å². The molecule has 1 fully saturated rings. The second-order valence-corrected chi connectivity index (χ2v) is 7.10. The van der Waals surface area contributed by atoms with Crippen LogP contribution in [0.25, 0.3) is 0 Å². The zero-order valence-corrected chi connectivity index (χ0v) is 14.7. The minimum atomic E-state index is -4.41. The van der Waals surface area contributed by atoms with Crippen molar-refractivity contribution in [1.29, 1.82) is 0 Å². The van der Waals surface area contributed by atoms with Crippen LogP contribution in [0, 0.1) is 10.1 Å². The van der Waals surface area contributed by atoms with Gasteiger partial charge in [0.15, 0.2) is 0 Å². The Labute approximate surface area is 141 Å². The van der Waals surface area contributed by atoms with Gasteiger partial charge in [-0.05, 0) is 12.1 Å². The minimum Gasteiger partial charge on any atom is -0.726 e. The number of nitro groups is 1. The fourth-order valence-electron chi connectivity index (χ4n) is 2.20. The summed E-state index contributed by atoms with van der Waals surface area (Å²) in [6.07, 6.45) is 0. The van der Waals surface area contributed by atoms with Crippen molar-refractivity contribution < 1.29 is 26.6 Å². The monoisotopic (exact) mass is 362 g/mol. The van der Waals surface area contributed by atoms with Crippen molar-refractivity contribution in [3.63, 3.8) is 0 Å². The van der Waals surface area contributed by atoms with Crippen molar-refractivity contribution in [2.75, 3.05) is 58.0 Å². The van der Waals surface area contributed by atoms with E-state index in [0.717, 1.165) is 37.8 Å². The van der Waals surface area contributed by atoms with Gasteiger partial charge in [-0.15, -0.1) is 0 Å². The molecule has 0 unspecified atom stereocenters. The Kier molecular flexibility index (Phi) is 6.49. The molecule has 0 bridgehead atoms. The number of hydrogen-bond donors (Lipinski definition) is 1. The molecule has 0 aromatic heterocycles. The molecule has 2 N–H and O–H groups in total. The smallest absolute Gasteiger partial charge is 0.292 e. The number of nitrogen functional groups attached to an aromatic ring is 1. The summed E-state index contributed by atoms with van der Waals surface area (Å²) < 4.78 is 32.0. The molecule has 0 radical (unpaired) electrons. The first-order valence-corrected chi connectivity index (χ1v) is 8.41. The molecule has 1 aliphatic heterocycles. The van der Waals surface area contributed by atoms with Gasteiger partial charge in [-0.25, -0.2) is 8.42 Å². The first-order chi connectivity index (χ1) is 10.9. The zero-order valence-electron chi connectivity index (χ0n) is 13.8. The van der Waals surface area contributed by atoms with E-state index in [0.29, 0.717) is 11.4 Å². The lowest BCUT2D eigenvalue weighted by molar-refractivity contribution is -0.890. The Hall–Kier alpha value is -1.95. The van der Waals surface area contributed by atoms with Gasteiger partial charge in [0.2, 0.25) is 10.4 Å². The number of likely N-dealkylation sites (N-methyl/N-ethyl adjacent to an activating group) is 1. The number of nitrogens with two attached hydrogens (primary N) is 1. The van der Waals surface area contributed by atoms with Gasteiger partial charge < -0.3 is 19.7 Å². The summed E-state index contributed by atoms with van der Waals surface area (Å²) in [4.78, 5) is 12.7. The number of anilines is 2. The van der Waals surface area contributed by atoms with Gasteiger partial charge in [0, 0.05) is 11.8 Å². The summed E-state index contributed by atoms with van der Waals surface area (Å²) in [6.45, 7) is 3.59. The summed E-state index contributed by atoms with van der Waals surface area (Å²) in [5, 5.41) is 11.0. The number of piperazine rings is 1. The van der Waals surface area contributed by atoms with Crippen LogP contribution in [0.1, 0.15) is 0 Å². The Morgan fingerprint density at radius 1 is 1.29 bits per heavy atom. The van der Waals surface area contributed by atoms with E-state index in [1.54, 1.807) is 12.1 Å². The van der Waals surface area contributed by atoms with Crippen molar-refractivity contribution in [3.05, 3.63) is 28.3 Å². The molecule has 0 atom stereocenters. The van der Waals surface area contributed by atoms with Crippen molar-refractivity contribution in [2.24, 2.45) is 0 Å². The number of nitro benzene ring substituents is 1. The normalized spacial score (nSPS) is 16.9. The maximum Gasteiger partial charge on any atom is 0.292 e. The molecular formula is C13H22N4O6S. The number of nitrogens with zero attached hydrogens (tertiary/aromatic N) is 3. The number of hydrogen-bond acceptors (Lipinski definition) is 8. The molecule has 0 saturated carbocycles. The van der Waals surface area contributed by atoms with Crippen LogP contribution in [0.5, 0.6) is 0 Å². The lowest BCUT2D eigenvalue weighted by Gasteiger charge is -2.39. The standard InChI is InChI=1S/C12H19N4O2.CH4O4S/c1-16(2)7-5-14(6-8-16)12-9-10(13)3-4-11(12)15(17)18;1-5-6(2,3)4/h3-4,9H,5-8,13H2,1-2H3;1H3,(H,2,3,4)/q+1;/p-1. The van der Waals surface area contributed by atoms with Crippen LogP contribution in [0.2, 0.25) is 0 Å². The fraction of sp³-hybridized carbons (Fsp3) is 0.538. The number of quaternary nitrogens is 1. The average molecular weight is 362 g/mol. The van der Waals surface area contributed by atoms with Crippen LogP contribution < -0.4 is 10.6 Å². The fourth-order valence-corrected chi connectivity index (χ4v) is 2.20. The van der Waals surface area contributed by atoms with Crippen LogP contribution in [0.4, 0.5) is 17.1 Å². The minimum absolute atomic E-state index is 0.136. The van der Waals surface area contributed by atoms with Crippen LogP contribution >= 0.6 is 0 Å². The first-order valence-electron chi connectivity index (χ1n) is 7.07. The zero-order chi connectivity index (χ0) is 18.5. The molecule has 2 rings (SSSR count). The van der Waals surface area contributed by atoms with Gasteiger partial charge in [-0.2, -0.15) is 0 Å².